The Morgan fingerprint density at radius 2 is 1.80 bits per heavy atom. The third-order valence-electron chi connectivity index (χ3n) is 3.70. The largest absolute Gasteiger partial charge is 0.378 e. The summed E-state index contributed by atoms with van der Waals surface area (Å²) in [7, 11) is 4.17. The maximum Gasteiger partial charge on any atom is 0.0482 e. The van der Waals surface area contributed by atoms with Gasteiger partial charge in [0.2, 0.25) is 0 Å². The molecule has 0 saturated heterocycles. The molecule has 2 nitrogen and oxygen atoms in total. The summed E-state index contributed by atoms with van der Waals surface area (Å²) in [5.41, 5.74) is 2.46. The van der Waals surface area contributed by atoms with E-state index in [9.17, 15) is 0 Å². The number of anilines is 2. The summed E-state index contributed by atoms with van der Waals surface area (Å²) in [6, 6.07) is 13.3. The lowest BCUT2D eigenvalue weighted by Crippen LogP contribution is -2.17. The molecule has 0 aliphatic heterocycles. The van der Waals surface area contributed by atoms with E-state index in [4.69, 9.17) is 0 Å². The summed E-state index contributed by atoms with van der Waals surface area (Å²) >= 11 is 0. The van der Waals surface area contributed by atoms with Crippen LogP contribution in [0, 0.1) is 0 Å². The topological polar surface area (TPSA) is 15.3 Å². The summed E-state index contributed by atoms with van der Waals surface area (Å²) in [6.45, 7) is 0. The smallest absolute Gasteiger partial charge is 0.0482 e. The van der Waals surface area contributed by atoms with Crippen molar-refractivity contribution < 1.29 is 0 Å². The molecule has 1 unspecified atom stereocenters. The quantitative estimate of drug-likeness (QED) is 0.893. The van der Waals surface area contributed by atoms with Crippen molar-refractivity contribution in [3.63, 3.8) is 0 Å². The number of hydrogen-bond donors (Lipinski definition) is 1. The van der Waals surface area contributed by atoms with Gasteiger partial charge in [-0.3, -0.25) is 0 Å². The Morgan fingerprint density at radius 3 is 2.50 bits per heavy atom. The number of hydrogen-bond acceptors (Lipinski definition) is 2. The first kappa shape index (κ1) is 12.8. The van der Waals surface area contributed by atoms with Gasteiger partial charge in [0, 0.05) is 42.3 Å². The van der Waals surface area contributed by atoms with Crippen LogP contribution >= 0.6 is 0 Å². The van der Waals surface area contributed by atoms with E-state index >= 15 is 0 Å². The summed E-state index contributed by atoms with van der Waals surface area (Å²) in [5, 5.41) is 6.20. The average Bonchev–Trinajstić information content (AvgIpc) is 2.48. The predicted octanol–water partition coefficient (Wildman–Crippen LogP) is 4.20. The minimum Gasteiger partial charge on any atom is -0.378 e. The zero-order valence-electron chi connectivity index (χ0n) is 12.0. The SMILES string of the molecule is CN(C)c1ccc(NC2C=CC=CC2)c2ccccc12. The van der Waals surface area contributed by atoms with Crippen LogP contribution in [-0.2, 0) is 0 Å². The number of nitrogens with one attached hydrogen (secondary N) is 1. The van der Waals surface area contributed by atoms with E-state index in [1.807, 2.05) is 0 Å². The summed E-state index contributed by atoms with van der Waals surface area (Å²) < 4.78 is 0. The summed E-state index contributed by atoms with van der Waals surface area (Å²) in [6.07, 6.45) is 9.67. The van der Waals surface area contributed by atoms with Crippen molar-refractivity contribution in [1.82, 2.24) is 0 Å². The Bertz CT molecular complexity index is 668. The monoisotopic (exact) mass is 264 g/mol. The van der Waals surface area contributed by atoms with Crippen LogP contribution in [0.3, 0.4) is 0 Å². The average molecular weight is 264 g/mol. The summed E-state index contributed by atoms with van der Waals surface area (Å²) in [5.74, 6) is 0. The molecule has 0 radical (unpaired) electrons. The number of allylic oxidation sites excluding steroid dienone is 2. The minimum absolute atomic E-state index is 0.383. The molecule has 1 aliphatic carbocycles. The van der Waals surface area contributed by atoms with E-state index in [-0.39, 0.29) is 0 Å². The molecule has 2 aromatic rings. The first-order chi connectivity index (χ1) is 9.75. The molecule has 1 N–H and O–H groups in total. The molecule has 3 rings (SSSR count). The van der Waals surface area contributed by atoms with E-state index in [1.54, 1.807) is 0 Å². The molecule has 0 amide bonds. The number of rotatable bonds is 3. The predicted molar refractivity (Wildman–Crippen MR) is 88.6 cm³/mol. The number of fused-ring (bicyclic) bond motifs is 1. The van der Waals surface area contributed by atoms with Gasteiger partial charge < -0.3 is 10.2 Å². The molecule has 0 heterocycles. The molecule has 1 atom stereocenters. The van der Waals surface area contributed by atoms with Gasteiger partial charge in [-0.15, -0.1) is 0 Å². The van der Waals surface area contributed by atoms with Crippen molar-refractivity contribution in [3.05, 3.63) is 60.7 Å². The zero-order chi connectivity index (χ0) is 13.9. The van der Waals surface area contributed by atoms with Gasteiger partial charge >= 0.3 is 0 Å². The third kappa shape index (κ3) is 2.42. The van der Waals surface area contributed by atoms with E-state index in [0.717, 1.165) is 6.42 Å². The van der Waals surface area contributed by atoms with Gasteiger partial charge in [-0.1, -0.05) is 48.6 Å². The maximum absolute atomic E-state index is 3.63. The Hall–Kier alpha value is -2.22. The molecule has 0 spiro atoms. The molecule has 0 saturated carbocycles. The van der Waals surface area contributed by atoms with Crippen LogP contribution in [-0.4, -0.2) is 20.1 Å². The second-order valence-corrected chi connectivity index (χ2v) is 5.37. The van der Waals surface area contributed by atoms with Crippen molar-refractivity contribution in [2.24, 2.45) is 0 Å². The first-order valence-electron chi connectivity index (χ1n) is 7.04. The van der Waals surface area contributed by atoms with Gasteiger partial charge in [-0.25, -0.2) is 0 Å². The van der Waals surface area contributed by atoms with Crippen LogP contribution in [0.25, 0.3) is 10.8 Å². The van der Waals surface area contributed by atoms with Crippen molar-refractivity contribution >= 4 is 22.1 Å². The van der Waals surface area contributed by atoms with Crippen LogP contribution in [0.4, 0.5) is 11.4 Å². The Kier molecular flexibility index (Phi) is 3.46. The van der Waals surface area contributed by atoms with Crippen molar-refractivity contribution in [2.45, 2.75) is 12.5 Å². The molecule has 0 aromatic heterocycles. The van der Waals surface area contributed by atoms with Gasteiger partial charge in [-0.2, -0.15) is 0 Å². The van der Waals surface area contributed by atoms with Crippen molar-refractivity contribution in [2.75, 3.05) is 24.3 Å². The first-order valence-corrected chi connectivity index (χ1v) is 7.04. The van der Waals surface area contributed by atoms with Crippen LogP contribution in [0.5, 0.6) is 0 Å². The maximum atomic E-state index is 3.63. The highest BCUT2D eigenvalue weighted by atomic mass is 15.1. The van der Waals surface area contributed by atoms with Crippen LogP contribution in [0.2, 0.25) is 0 Å². The van der Waals surface area contributed by atoms with Crippen LogP contribution < -0.4 is 10.2 Å². The van der Waals surface area contributed by atoms with E-state index in [2.05, 4.69) is 85.0 Å². The van der Waals surface area contributed by atoms with Crippen molar-refractivity contribution in [3.8, 4) is 0 Å². The molecule has 20 heavy (non-hydrogen) atoms. The Balaban J connectivity index is 2.01. The molecule has 0 bridgehead atoms. The second-order valence-electron chi connectivity index (χ2n) is 5.37. The van der Waals surface area contributed by atoms with Crippen LogP contribution in [0.1, 0.15) is 6.42 Å². The van der Waals surface area contributed by atoms with E-state index < -0.39 is 0 Å². The fourth-order valence-corrected chi connectivity index (χ4v) is 2.69. The second kappa shape index (κ2) is 5.41. The Labute approximate surface area is 120 Å². The van der Waals surface area contributed by atoms with E-state index in [0.29, 0.717) is 6.04 Å². The molecule has 2 aromatic carbocycles. The highest BCUT2D eigenvalue weighted by molar-refractivity contribution is 6.02. The Morgan fingerprint density at radius 1 is 1.00 bits per heavy atom. The molecule has 1 aliphatic rings. The van der Waals surface area contributed by atoms with Gasteiger partial charge in [-0.05, 0) is 18.6 Å². The van der Waals surface area contributed by atoms with Gasteiger partial charge in [0.15, 0.2) is 0 Å². The fraction of sp³-hybridized carbons (Fsp3) is 0.222. The molecule has 102 valence electrons. The minimum atomic E-state index is 0.383. The number of benzene rings is 2. The van der Waals surface area contributed by atoms with Crippen molar-refractivity contribution in [1.29, 1.82) is 0 Å². The fourth-order valence-electron chi connectivity index (χ4n) is 2.69. The highest BCUT2D eigenvalue weighted by Crippen LogP contribution is 2.32. The van der Waals surface area contributed by atoms with Gasteiger partial charge in [0.1, 0.15) is 0 Å². The lowest BCUT2D eigenvalue weighted by Gasteiger charge is -2.21. The van der Waals surface area contributed by atoms with Gasteiger partial charge in [0.05, 0.1) is 0 Å². The normalized spacial score (nSPS) is 17.4. The molecule has 2 heteroatoms. The lowest BCUT2D eigenvalue weighted by atomic mass is 10.0. The molecular weight excluding hydrogens is 244 g/mol. The van der Waals surface area contributed by atoms with E-state index in [1.165, 1.54) is 22.1 Å². The highest BCUT2D eigenvalue weighted by Gasteiger charge is 2.10. The van der Waals surface area contributed by atoms with Gasteiger partial charge in [0.25, 0.3) is 0 Å². The lowest BCUT2D eigenvalue weighted by molar-refractivity contribution is 0.885. The molecule has 0 fully saturated rings. The zero-order valence-corrected chi connectivity index (χ0v) is 12.0. The summed E-state index contributed by atoms with van der Waals surface area (Å²) in [4.78, 5) is 2.16. The standard InChI is InChI=1S/C18H20N2/c1-20(2)18-13-12-17(15-10-6-7-11-16(15)18)19-14-8-4-3-5-9-14/h3-8,10-14,19H,9H2,1-2H3. The third-order valence-corrected chi connectivity index (χ3v) is 3.70. The molecular formula is C18H20N2. The number of nitrogens with zero attached hydrogens (tertiary/aromatic N) is 1. The van der Waals surface area contributed by atoms with Crippen LogP contribution in [0.15, 0.2) is 60.7 Å².